The summed E-state index contributed by atoms with van der Waals surface area (Å²) in [6.45, 7) is 0.402. The maximum atomic E-state index is 12.6. The lowest BCUT2D eigenvalue weighted by Gasteiger charge is -2.21. The summed E-state index contributed by atoms with van der Waals surface area (Å²) >= 11 is 0. The number of sulfone groups is 1. The second-order valence-electron chi connectivity index (χ2n) is 6.71. The summed E-state index contributed by atoms with van der Waals surface area (Å²) in [6, 6.07) is 12.8. The first kappa shape index (κ1) is 20.7. The Bertz CT molecular complexity index is 1000. The molecule has 0 saturated carbocycles. The van der Waals surface area contributed by atoms with Crippen LogP contribution in [0.1, 0.15) is 11.1 Å². The van der Waals surface area contributed by atoms with E-state index >= 15 is 0 Å². The Kier molecular flexibility index (Phi) is 6.07. The van der Waals surface area contributed by atoms with E-state index in [-0.39, 0.29) is 30.5 Å². The van der Waals surface area contributed by atoms with E-state index < -0.39 is 22.0 Å². The van der Waals surface area contributed by atoms with Gasteiger partial charge in [-0.05, 0) is 35.4 Å². The second-order valence-corrected chi connectivity index (χ2v) is 8.72. The van der Waals surface area contributed by atoms with Crippen LogP contribution in [0.3, 0.4) is 0 Å². The van der Waals surface area contributed by atoms with E-state index in [0.717, 1.165) is 17.4 Å². The Morgan fingerprint density at radius 3 is 2.59 bits per heavy atom. The molecule has 1 heterocycles. The molecule has 154 valence electrons. The smallest absolute Gasteiger partial charge is 0.410 e. The van der Waals surface area contributed by atoms with Crippen molar-refractivity contribution in [1.29, 1.82) is 0 Å². The van der Waals surface area contributed by atoms with Gasteiger partial charge >= 0.3 is 6.09 Å². The quantitative estimate of drug-likeness (QED) is 0.735. The van der Waals surface area contributed by atoms with Crippen molar-refractivity contribution in [2.24, 2.45) is 0 Å². The molecule has 1 N–H and O–H groups in total. The first-order valence-electron chi connectivity index (χ1n) is 8.91. The number of methoxy groups -OCH3 is 1. The lowest BCUT2D eigenvalue weighted by molar-refractivity contribution is -0.125. The van der Waals surface area contributed by atoms with Gasteiger partial charge in [-0.25, -0.2) is 13.2 Å². The summed E-state index contributed by atoms with van der Waals surface area (Å²) in [5.74, 6) is 0.319. The van der Waals surface area contributed by atoms with Crippen LogP contribution in [-0.4, -0.2) is 51.3 Å². The highest BCUT2D eigenvalue weighted by Gasteiger charge is 2.37. The predicted octanol–water partition coefficient (Wildman–Crippen LogP) is 1.74. The van der Waals surface area contributed by atoms with E-state index in [2.05, 4.69) is 5.32 Å². The van der Waals surface area contributed by atoms with Crippen molar-refractivity contribution in [3.8, 4) is 5.75 Å². The van der Waals surface area contributed by atoms with Crippen LogP contribution < -0.4 is 10.1 Å². The molecular weight excluding hydrogens is 396 g/mol. The zero-order valence-corrected chi connectivity index (χ0v) is 16.9. The molecule has 1 aliphatic rings. The molecule has 1 atom stereocenters. The topological polar surface area (TPSA) is 102 Å². The van der Waals surface area contributed by atoms with Gasteiger partial charge in [-0.1, -0.05) is 24.3 Å². The minimum atomic E-state index is -3.27. The van der Waals surface area contributed by atoms with Crippen LogP contribution in [-0.2, 0) is 32.5 Å². The van der Waals surface area contributed by atoms with Gasteiger partial charge in [0, 0.05) is 12.8 Å². The third-order valence-corrected chi connectivity index (χ3v) is 5.71. The summed E-state index contributed by atoms with van der Waals surface area (Å²) in [7, 11) is -1.71. The Labute approximate surface area is 169 Å². The van der Waals surface area contributed by atoms with Crippen molar-refractivity contribution < 1.29 is 27.5 Å². The van der Waals surface area contributed by atoms with Gasteiger partial charge in [0.05, 0.1) is 18.6 Å². The van der Waals surface area contributed by atoms with Gasteiger partial charge in [0.1, 0.15) is 18.4 Å². The van der Waals surface area contributed by atoms with Crippen LogP contribution in [0.5, 0.6) is 5.75 Å². The highest BCUT2D eigenvalue weighted by atomic mass is 32.2. The maximum Gasteiger partial charge on any atom is 0.410 e. The van der Waals surface area contributed by atoms with Crippen molar-refractivity contribution in [2.75, 3.05) is 20.0 Å². The number of rotatable bonds is 7. The highest BCUT2D eigenvalue weighted by Crippen LogP contribution is 2.20. The molecular formula is C20H22N2O6S. The SMILES string of the molecule is COc1cccc(CN2C(=O)OC[C@H]2C(=O)NCc2ccc(S(C)(=O)=O)cc2)c1. The minimum absolute atomic E-state index is 0.0261. The molecule has 1 saturated heterocycles. The van der Waals surface area contributed by atoms with Crippen molar-refractivity contribution in [2.45, 2.75) is 24.0 Å². The van der Waals surface area contributed by atoms with Gasteiger partial charge in [0.15, 0.2) is 9.84 Å². The van der Waals surface area contributed by atoms with Crippen molar-refractivity contribution in [3.63, 3.8) is 0 Å². The normalized spacial score (nSPS) is 16.4. The number of hydrogen-bond donors (Lipinski definition) is 1. The second kappa shape index (κ2) is 8.52. The Balaban J connectivity index is 1.63. The van der Waals surface area contributed by atoms with E-state index in [1.165, 1.54) is 17.0 Å². The molecule has 0 aromatic heterocycles. The standard InChI is InChI=1S/C20H22N2O6S/c1-27-16-5-3-4-15(10-16)12-22-18(13-28-20(22)24)19(23)21-11-14-6-8-17(9-7-14)29(2,25)26/h3-10,18H,11-13H2,1-2H3,(H,21,23)/t18-/m0/s1. The van der Waals surface area contributed by atoms with Crippen molar-refractivity contribution in [3.05, 3.63) is 59.7 Å². The fourth-order valence-corrected chi connectivity index (χ4v) is 3.60. The van der Waals surface area contributed by atoms with Gasteiger partial charge < -0.3 is 14.8 Å². The zero-order valence-electron chi connectivity index (χ0n) is 16.1. The molecule has 0 spiro atoms. The van der Waals surface area contributed by atoms with Gasteiger partial charge in [-0.2, -0.15) is 0 Å². The summed E-state index contributed by atoms with van der Waals surface area (Å²) in [5.41, 5.74) is 1.56. The van der Waals surface area contributed by atoms with E-state index in [1.54, 1.807) is 31.4 Å². The average Bonchev–Trinajstić information content (AvgIpc) is 3.06. The van der Waals surface area contributed by atoms with Crippen LogP contribution in [0.15, 0.2) is 53.4 Å². The Morgan fingerprint density at radius 1 is 1.21 bits per heavy atom. The van der Waals surface area contributed by atoms with Crippen LogP contribution in [0, 0.1) is 0 Å². The number of benzene rings is 2. The first-order valence-corrected chi connectivity index (χ1v) is 10.8. The summed E-state index contributed by atoms with van der Waals surface area (Å²) in [4.78, 5) is 26.3. The highest BCUT2D eigenvalue weighted by molar-refractivity contribution is 7.90. The van der Waals surface area contributed by atoms with Crippen LogP contribution in [0.4, 0.5) is 4.79 Å². The number of amides is 2. The molecule has 3 rings (SSSR count). The molecule has 1 fully saturated rings. The fraction of sp³-hybridized carbons (Fsp3) is 0.300. The Morgan fingerprint density at radius 2 is 1.93 bits per heavy atom. The third-order valence-electron chi connectivity index (χ3n) is 4.58. The van der Waals surface area contributed by atoms with Gasteiger partial charge in [0.2, 0.25) is 5.91 Å². The number of carbonyl (C=O) groups is 2. The van der Waals surface area contributed by atoms with Crippen molar-refractivity contribution in [1.82, 2.24) is 10.2 Å². The molecule has 8 nitrogen and oxygen atoms in total. The molecule has 9 heteroatoms. The van der Waals surface area contributed by atoms with Gasteiger partial charge in [0.25, 0.3) is 0 Å². The molecule has 0 bridgehead atoms. The molecule has 29 heavy (non-hydrogen) atoms. The average molecular weight is 418 g/mol. The Hall–Kier alpha value is -3.07. The fourth-order valence-electron chi connectivity index (χ4n) is 2.97. The number of hydrogen-bond acceptors (Lipinski definition) is 6. The monoisotopic (exact) mass is 418 g/mol. The summed E-state index contributed by atoms with van der Waals surface area (Å²) in [5, 5.41) is 2.77. The number of cyclic esters (lactones) is 1. The van der Waals surface area contributed by atoms with E-state index in [4.69, 9.17) is 9.47 Å². The summed E-state index contributed by atoms with van der Waals surface area (Å²) in [6.07, 6.45) is 0.586. The first-order chi connectivity index (χ1) is 13.8. The van der Waals surface area contributed by atoms with E-state index in [9.17, 15) is 18.0 Å². The third kappa shape index (κ3) is 5.05. The van der Waals surface area contributed by atoms with E-state index in [1.807, 2.05) is 12.1 Å². The van der Waals surface area contributed by atoms with Crippen LogP contribution in [0.25, 0.3) is 0 Å². The zero-order chi connectivity index (χ0) is 21.0. The molecule has 2 aromatic rings. The summed E-state index contributed by atoms with van der Waals surface area (Å²) < 4.78 is 33.3. The number of carbonyl (C=O) groups excluding carboxylic acids is 2. The van der Waals surface area contributed by atoms with Crippen LogP contribution in [0.2, 0.25) is 0 Å². The molecule has 0 unspecified atom stereocenters. The molecule has 1 aliphatic heterocycles. The maximum absolute atomic E-state index is 12.6. The number of nitrogens with one attached hydrogen (secondary N) is 1. The lowest BCUT2D eigenvalue weighted by Crippen LogP contribution is -2.45. The molecule has 2 aromatic carbocycles. The number of ether oxygens (including phenoxy) is 2. The molecule has 0 aliphatic carbocycles. The predicted molar refractivity (Wildman–Crippen MR) is 105 cm³/mol. The van der Waals surface area contributed by atoms with Gasteiger partial charge in [-0.15, -0.1) is 0 Å². The van der Waals surface area contributed by atoms with Crippen molar-refractivity contribution >= 4 is 21.8 Å². The molecule has 0 radical (unpaired) electrons. The number of nitrogens with zero attached hydrogens (tertiary/aromatic N) is 1. The minimum Gasteiger partial charge on any atom is -0.497 e. The van der Waals surface area contributed by atoms with Crippen LogP contribution >= 0.6 is 0 Å². The van der Waals surface area contributed by atoms with Gasteiger partial charge in [-0.3, -0.25) is 9.69 Å². The molecule has 2 amide bonds. The lowest BCUT2D eigenvalue weighted by atomic mass is 10.1. The largest absolute Gasteiger partial charge is 0.497 e. The van der Waals surface area contributed by atoms with E-state index in [0.29, 0.717) is 5.75 Å².